The molecule has 21 heavy (non-hydrogen) atoms. The van der Waals surface area contributed by atoms with Crippen LogP contribution in [0.3, 0.4) is 0 Å². The van der Waals surface area contributed by atoms with Gasteiger partial charge in [-0.15, -0.1) is 0 Å². The highest BCUT2D eigenvalue weighted by Gasteiger charge is 2.13. The molecule has 0 radical (unpaired) electrons. The number of nitriles is 1. The van der Waals surface area contributed by atoms with Gasteiger partial charge in [-0.25, -0.2) is 4.98 Å². The highest BCUT2D eigenvalue weighted by molar-refractivity contribution is 9.10. The van der Waals surface area contributed by atoms with Gasteiger partial charge in [-0.2, -0.15) is 5.26 Å². The van der Waals surface area contributed by atoms with Crippen LogP contribution < -0.4 is 0 Å². The topological polar surface area (TPSA) is 61.8 Å². The Labute approximate surface area is 130 Å². The predicted octanol–water partition coefficient (Wildman–Crippen LogP) is 3.46. The van der Waals surface area contributed by atoms with Crippen molar-refractivity contribution in [3.8, 4) is 11.8 Å². The minimum Gasteiger partial charge on any atom is -0.392 e. The van der Waals surface area contributed by atoms with E-state index in [1.165, 1.54) is 0 Å². The Morgan fingerprint density at radius 2 is 2.19 bits per heavy atom. The molecule has 3 rings (SSSR count). The number of fused-ring (bicyclic) bond motifs is 1. The Bertz CT molecular complexity index is 877. The van der Waals surface area contributed by atoms with Gasteiger partial charge in [0.15, 0.2) is 0 Å². The number of aromatic nitrogens is 2. The first kappa shape index (κ1) is 13.8. The maximum Gasteiger partial charge on any atom is 0.101 e. The first-order valence-corrected chi connectivity index (χ1v) is 7.21. The Hall–Kier alpha value is -2.16. The van der Waals surface area contributed by atoms with Crippen molar-refractivity contribution in [2.75, 3.05) is 0 Å². The van der Waals surface area contributed by atoms with Crippen LogP contribution in [-0.2, 0) is 6.61 Å². The fourth-order valence-corrected chi connectivity index (χ4v) is 2.78. The molecule has 0 aliphatic rings. The lowest BCUT2D eigenvalue weighted by Gasteiger charge is -2.10. The summed E-state index contributed by atoms with van der Waals surface area (Å²) in [5, 5.41) is 18.7. The lowest BCUT2D eigenvalue weighted by atomic mass is 10.1. The third kappa shape index (κ3) is 2.23. The van der Waals surface area contributed by atoms with Crippen LogP contribution in [0.2, 0.25) is 0 Å². The number of aliphatic hydroxyl groups is 1. The van der Waals surface area contributed by atoms with Gasteiger partial charge >= 0.3 is 0 Å². The zero-order valence-corrected chi connectivity index (χ0v) is 12.9. The molecule has 0 aliphatic carbocycles. The highest BCUT2D eigenvalue weighted by atomic mass is 79.9. The Kier molecular flexibility index (Phi) is 3.50. The van der Waals surface area contributed by atoms with E-state index in [9.17, 15) is 10.4 Å². The smallest absolute Gasteiger partial charge is 0.101 e. The molecule has 3 aromatic rings. The van der Waals surface area contributed by atoms with Crippen molar-refractivity contribution in [1.29, 1.82) is 5.26 Å². The second-order valence-electron chi connectivity index (χ2n) is 4.78. The lowest BCUT2D eigenvalue weighted by Crippen LogP contribution is -1.98. The van der Waals surface area contributed by atoms with Crippen LogP contribution in [0.5, 0.6) is 0 Å². The zero-order chi connectivity index (χ0) is 15.0. The van der Waals surface area contributed by atoms with Crippen LogP contribution in [-0.4, -0.2) is 14.7 Å². The molecule has 1 aromatic heterocycles. The van der Waals surface area contributed by atoms with Gasteiger partial charge in [0.25, 0.3) is 0 Å². The van der Waals surface area contributed by atoms with Crippen molar-refractivity contribution >= 4 is 27.0 Å². The highest BCUT2D eigenvalue weighted by Crippen LogP contribution is 2.28. The predicted molar refractivity (Wildman–Crippen MR) is 84.1 cm³/mol. The monoisotopic (exact) mass is 341 g/mol. The number of hydrogen-bond acceptors (Lipinski definition) is 3. The van der Waals surface area contributed by atoms with Gasteiger partial charge in [0.05, 0.1) is 28.9 Å². The number of nitrogens with zero attached hydrogens (tertiary/aromatic N) is 3. The molecule has 2 aromatic carbocycles. The second kappa shape index (κ2) is 5.32. The summed E-state index contributed by atoms with van der Waals surface area (Å²) >= 11 is 3.52. The van der Waals surface area contributed by atoms with Crippen LogP contribution in [0.4, 0.5) is 0 Å². The Balaban J connectivity index is 2.35. The molecule has 0 aliphatic heterocycles. The van der Waals surface area contributed by atoms with E-state index >= 15 is 0 Å². The molecule has 1 N–H and O–H groups in total. The third-order valence-electron chi connectivity index (χ3n) is 3.50. The van der Waals surface area contributed by atoms with Crippen LogP contribution in [0.25, 0.3) is 16.7 Å². The number of benzene rings is 2. The van der Waals surface area contributed by atoms with Crippen molar-refractivity contribution in [2.45, 2.75) is 13.5 Å². The quantitative estimate of drug-likeness (QED) is 0.776. The van der Waals surface area contributed by atoms with Gasteiger partial charge in [-0.05, 0) is 42.3 Å². The molecule has 0 saturated carbocycles. The normalized spacial score (nSPS) is 10.8. The van der Waals surface area contributed by atoms with E-state index in [4.69, 9.17) is 0 Å². The minimum absolute atomic E-state index is 0.104. The Morgan fingerprint density at radius 1 is 1.38 bits per heavy atom. The van der Waals surface area contributed by atoms with Crippen molar-refractivity contribution in [1.82, 2.24) is 9.55 Å². The molecular weight excluding hydrogens is 330 g/mol. The summed E-state index contributed by atoms with van der Waals surface area (Å²) in [7, 11) is 0. The average molecular weight is 342 g/mol. The summed E-state index contributed by atoms with van der Waals surface area (Å²) in [6.07, 6.45) is 1.71. The van der Waals surface area contributed by atoms with E-state index in [0.717, 1.165) is 21.2 Å². The van der Waals surface area contributed by atoms with Crippen molar-refractivity contribution in [2.24, 2.45) is 0 Å². The van der Waals surface area contributed by atoms with Gasteiger partial charge in [-0.3, -0.25) is 4.57 Å². The molecule has 1 heterocycles. The average Bonchev–Trinajstić information content (AvgIpc) is 2.92. The van der Waals surface area contributed by atoms with Gasteiger partial charge in [0, 0.05) is 4.47 Å². The van der Waals surface area contributed by atoms with Crippen LogP contribution >= 0.6 is 15.9 Å². The molecule has 0 spiro atoms. The number of aliphatic hydroxyl groups excluding tert-OH is 1. The molecular formula is C16H12BrN3O. The van der Waals surface area contributed by atoms with Gasteiger partial charge in [0.1, 0.15) is 12.4 Å². The molecule has 0 saturated heterocycles. The second-order valence-corrected chi connectivity index (χ2v) is 5.63. The zero-order valence-electron chi connectivity index (χ0n) is 11.3. The van der Waals surface area contributed by atoms with Crippen molar-refractivity contribution < 1.29 is 5.11 Å². The van der Waals surface area contributed by atoms with Gasteiger partial charge in [-0.1, -0.05) is 22.0 Å². The minimum atomic E-state index is -0.104. The molecule has 0 amide bonds. The summed E-state index contributed by atoms with van der Waals surface area (Å²) < 4.78 is 2.92. The summed E-state index contributed by atoms with van der Waals surface area (Å²) in [6.45, 7) is 1.91. The van der Waals surface area contributed by atoms with E-state index < -0.39 is 0 Å². The van der Waals surface area contributed by atoms with Gasteiger partial charge in [0.2, 0.25) is 0 Å². The maximum absolute atomic E-state index is 9.39. The largest absolute Gasteiger partial charge is 0.392 e. The van der Waals surface area contributed by atoms with E-state index in [1.54, 1.807) is 18.5 Å². The van der Waals surface area contributed by atoms with E-state index in [0.29, 0.717) is 16.6 Å². The number of rotatable bonds is 2. The van der Waals surface area contributed by atoms with Crippen molar-refractivity contribution in [3.63, 3.8) is 0 Å². The molecule has 0 unspecified atom stereocenters. The van der Waals surface area contributed by atoms with Crippen LogP contribution in [0, 0.1) is 18.3 Å². The molecule has 0 bridgehead atoms. The van der Waals surface area contributed by atoms with E-state index in [-0.39, 0.29) is 6.61 Å². The van der Waals surface area contributed by atoms with Gasteiger partial charge < -0.3 is 5.11 Å². The lowest BCUT2D eigenvalue weighted by molar-refractivity contribution is 0.282. The Morgan fingerprint density at radius 3 is 2.90 bits per heavy atom. The fourth-order valence-electron chi connectivity index (χ4n) is 2.42. The summed E-state index contributed by atoms with van der Waals surface area (Å²) in [4.78, 5) is 4.37. The first-order chi connectivity index (χ1) is 10.2. The van der Waals surface area contributed by atoms with E-state index in [1.807, 2.05) is 29.7 Å². The number of halogens is 1. The number of hydrogen-bond donors (Lipinski definition) is 1. The first-order valence-electron chi connectivity index (χ1n) is 6.42. The third-order valence-corrected chi connectivity index (χ3v) is 4.36. The molecule has 104 valence electrons. The van der Waals surface area contributed by atoms with E-state index in [2.05, 4.69) is 27.0 Å². The van der Waals surface area contributed by atoms with Crippen LogP contribution in [0.1, 0.15) is 16.7 Å². The maximum atomic E-state index is 9.39. The summed E-state index contributed by atoms with van der Waals surface area (Å²) in [5.74, 6) is 0. The summed E-state index contributed by atoms with van der Waals surface area (Å²) in [5.41, 5.74) is 4.71. The molecule has 0 atom stereocenters. The fraction of sp³-hybridized carbons (Fsp3) is 0.125. The standard InChI is InChI=1S/C16H12BrN3O/c1-10-13(17)3-2-4-15(10)20-9-19-14-6-11(8-21)5-12(7-18)16(14)20/h2-6,9,21H,8H2,1H3. The van der Waals surface area contributed by atoms with Crippen LogP contribution in [0.15, 0.2) is 41.1 Å². The number of imidazole rings is 1. The summed E-state index contributed by atoms with van der Waals surface area (Å²) in [6, 6.07) is 11.6. The van der Waals surface area contributed by atoms with Crippen molar-refractivity contribution in [3.05, 3.63) is 57.8 Å². The SMILES string of the molecule is Cc1c(Br)cccc1-n1cnc2cc(CO)cc(C#N)c21. The molecule has 5 heteroatoms. The molecule has 4 nitrogen and oxygen atoms in total. The molecule has 0 fully saturated rings.